The summed E-state index contributed by atoms with van der Waals surface area (Å²) in [5.74, 6) is 2.51. The summed E-state index contributed by atoms with van der Waals surface area (Å²) in [6.45, 7) is 8.95. The van der Waals surface area contributed by atoms with Gasteiger partial charge in [0.1, 0.15) is 6.23 Å². The monoisotopic (exact) mass is 368 g/mol. The lowest BCUT2D eigenvalue weighted by Crippen LogP contribution is -2.49. The summed E-state index contributed by atoms with van der Waals surface area (Å²) in [6, 6.07) is 0.575. The Morgan fingerprint density at radius 2 is 2.11 bits per heavy atom. The second-order valence-corrected chi connectivity index (χ2v) is 7.95. The lowest BCUT2D eigenvalue weighted by atomic mass is 9.80. The second-order valence-electron chi connectivity index (χ2n) is 7.95. The lowest BCUT2D eigenvalue weighted by molar-refractivity contribution is -0.0496. The molecule has 2 atom stereocenters. The Morgan fingerprint density at radius 3 is 2.74 bits per heavy atom. The molecule has 1 heterocycles. The molecule has 0 saturated carbocycles. The summed E-state index contributed by atoms with van der Waals surface area (Å²) in [5, 5.41) is 0. The predicted octanol–water partition coefficient (Wildman–Crippen LogP) is 4.40. The second kappa shape index (κ2) is 11.3. The van der Waals surface area contributed by atoms with E-state index in [4.69, 9.17) is 11.2 Å². The van der Waals surface area contributed by atoms with E-state index in [1.165, 1.54) is 45.3 Å². The van der Waals surface area contributed by atoms with Gasteiger partial charge in [-0.1, -0.05) is 55.4 Å². The van der Waals surface area contributed by atoms with E-state index in [9.17, 15) is 0 Å². The minimum Gasteiger partial charge on any atom is -0.367 e. The Labute approximate surface area is 166 Å². The summed E-state index contributed by atoms with van der Waals surface area (Å²) in [6.07, 6.45) is 27.0. The minimum atomic E-state index is 0.126. The standard InChI is InChI=1S/C24H36N2O/c1-5-6-7-8-12-18-26(22(2)27-4)23-13-19-25(20-14-23)21-17-24(3)15-10-9-11-16-24/h1,6-12,15,22-23H,13-14,16-21H2,2-4H3/b7-6-,12-8-. The number of allylic oxidation sites excluding steroid dienone is 7. The molecule has 27 heavy (non-hydrogen) atoms. The Hall–Kier alpha value is -1.60. The number of terminal acetylenes is 1. The zero-order chi connectivity index (χ0) is 19.5. The van der Waals surface area contributed by atoms with Crippen LogP contribution in [-0.2, 0) is 4.74 Å². The van der Waals surface area contributed by atoms with Gasteiger partial charge in [-0.3, -0.25) is 4.90 Å². The van der Waals surface area contributed by atoms with Crippen LogP contribution >= 0.6 is 0 Å². The smallest absolute Gasteiger partial charge is 0.107 e. The molecular weight excluding hydrogens is 332 g/mol. The molecule has 1 aliphatic heterocycles. The van der Waals surface area contributed by atoms with Crippen molar-refractivity contribution in [1.82, 2.24) is 9.80 Å². The third-order valence-electron chi connectivity index (χ3n) is 5.92. The molecule has 0 aromatic heterocycles. The largest absolute Gasteiger partial charge is 0.367 e. The van der Waals surface area contributed by atoms with Crippen molar-refractivity contribution in [1.29, 1.82) is 0 Å². The van der Waals surface area contributed by atoms with Crippen LogP contribution < -0.4 is 0 Å². The molecule has 3 heteroatoms. The zero-order valence-electron chi connectivity index (χ0n) is 17.3. The summed E-state index contributed by atoms with van der Waals surface area (Å²) in [7, 11) is 1.79. The first kappa shape index (κ1) is 21.7. The quantitative estimate of drug-likeness (QED) is 0.341. The maximum Gasteiger partial charge on any atom is 0.107 e. The molecule has 0 spiro atoms. The third kappa shape index (κ3) is 7.14. The van der Waals surface area contributed by atoms with Crippen molar-refractivity contribution in [2.75, 3.05) is 33.3 Å². The van der Waals surface area contributed by atoms with Gasteiger partial charge < -0.3 is 9.64 Å². The van der Waals surface area contributed by atoms with Crippen molar-refractivity contribution in [3.05, 3.63) is 48.6 Å². The number of hydrogen-bond acceptors (Lipinski definition) is 3. The van der Waals surface area contributed by atoms with Gasteiger partial charge in [-0.05, 0) is 63.7 Å². The van der Waals surface area contributed by atoms with Crippen molar-refractivity contribution in [2.45, 2.75) is 51.8 Å². The van der Waals surface area contributed by atoms with Gasteiger partial charge in [0.2, 0.25) is 0 Å². The number of ether oxygens (including phenoxy) is 1. The summed E-state index contributed by atoms with van der Waals surface area (Å²) >= 11 is 0. The number of methoxy groups -OCH3 is 1. The number of likely N-dealkylation sites (tertiary alicyclic amines) is 1. The fourth-order valence-corrected chi connectivity index (χ4v) is 3.95. The van der Waals surface area contributed by atoms with Crippen LogP contribution in [0.2, 0.25) is 0 Å². The normalized spacial score (nSPS) is 25.6. The molecule has 1 fully saturated rings. The first-order valence-corrected chi connectivity index (χ1v) is 10.2. The Kier molecular flexibility index (Phi) is 9.07. The van der Waals surface area contributed by atoms with Crippen molar-refractivity contribution >= 4 is 0 Å². The lowest BCUT2D eigenvalue weighted by Gasteiger charge is -2.41. The molecule has 0 amide bonds. The summed E-state index contributed by atoms with van der Waals surface area (Å²) in [4.78, 5) is 5.10. The Morgan fingerprint density at radius 1 is 1.33 bits per heavy atom. The molecule has 1 saturated heterocycles. The molecule has 0 aromatic carbocycles. The highest BCUT2D eigenvalue weighted by atomic mass is 16.5. The van der Waals surface area contributed by atoms with Crippen molar-refractivity contribution < 1.29 is 4.74 Å². The first-order chi connectivity index (χ1) is 13.1. The van der Waals surface area contributed by atoms with Gasteiger partial charge in [-0.25, -0.2) is 0 Å². The molecule has 0 bridgehead atoms. The van der Waals surface area contributed by atoms with Crippen LogP contribution in [-0.4, -0.2) is 55.4 Å². The average molecular weight is 369 g/mol. The van der Waals surface area contributed by atoms with Gasteiger partial charge >= 0.3 is 0 Å². The van der Waals surface area contributed by atoms with E-state index >= 15 is 0 Å². The average Bonchev–Trinajstić information content (AvgIpc) is 2.70. The fraction of sp³-hybridized carbons (Fsp3) is 0.583. The molecule has 1 aliphatic carbocycles. The molecule has 148 valence electrons. The van der Waals surface area contributed by atoms with E-state index in [1.54, 1.807) is 13.2 Å². The number of nitrogens with zero attached hydrogens (tertiary/aromatic N) is 2. The Balaban J connectivity index is 1.81. The number of hydrogen-bond donors (Lipinski definition) is 0. The molecule has 0 N–H and O–H groups in total. The van der Waals surface area contributed by atoms with Crippen molar-refractivity contribution in [3.8, 4) is 12.3 Å². The van der Waals surface area contributed by atoms with Crippen LogP contribution in [0, 0.1) is 17.8 Å². The highest BCUT2D eigenvalue weighted by Gasteiger charge is 2.28. The first-order valence-electron chi connectivity index (χ1n) is 10.2. The maximum atomic E-state index is 5.62. The molecular formula is C24H36N2O. The third-order valence-corrected chi connectivity index (χ3v) is 5.92. The SMILES string of the molecule is C#C/C=C\C=C/CN(C1CCN(CCC2(C)C=CC=CC2)CC1)C(C)OC. The van der Waals surface area contributed by atoms with Gasteiger partial charge in [-0.2, -0.15) is 0 Å². The molecule has 2 aliphatic rings. The van der Waals surface area contributed by atoms with Gasteiger partial charge in [-0.15, -0.1) is 6.42 Å². The van der Waals surface area contributed by atoms with E-state index in [0.29, 0.717) is 11.5 Å². The molecule has 0 aromatic rings. The van der Waals surface area contributed by atoms with Gasteiger partial charge in [0.05, 0.1) is 0 Å². The van der Waals surface area contributed by atoms with E-state index in [0.717, 1.165) is 6.54 Å². The van der Waals surface area contributed by atoms with Gasteiger partial charge in [0, 0.05) is 19.7 Å². The van der Waals surface area contributed by atoms with Gasteiger partial charge in [0.15, 0.2) is 0 Å². The fourth-order valence-electron chi connectivity index (χ4n) is 3.95. The van der Waals surface area contributed by atoms with E-state index in [2.05, 4.69) is 59.9 Å². The van der Waals surface area contributed by atoms with E-state index in [-0.39, 0.29) is 6.23 Å². The molecule has 3 nitrogen and oxygen atoms in total. The van der Waals surface area contributed by atoms with Gasteiger partial charge in [0.25, 0.3) is 0 Å². The maximum absolute atomic E-state index is 5.62. The van der Waals surface area contributed by atoms with Crippen molar-refractivity contribution in [2.24, 2.45) is 5.41 Å². The number of rotatable bonds is 9. The summed E-state index contributed by atoms with van der Waals surface area (Å²) in [5.41, 5.74) is 0.332. The van der Waals surface area contributed by atoms with Crippen molar-refractivity contribution in [3.63, 3.8) is 0 Å². The predicted molar refractivity (Wildman–Crippen MR) is 115 cm³/mol. The zero-order valence-corrected chi connectivity index (χ0v) is 17.3. The van der Waals surface area contributed by atoms with Crippen LogP contribution in [0.25, 0.3) is 0 Å². The van der Waals surface area contributed by atoms with Crippen LogP contribution in [0.3, 0.4) is 0 Å². The van der Waals surface area contributed by atoms with Crippen LogP contribution in [0.4, 0.5) is 0 Å². The highest BCUT2D eigenvalue weighted by molar-refractivity contribution is 5.16. The molecule has 2 unspecified atom stereocenters. The minimum absolute atomic E-state index is 0.126. The number of piperidine rings is 1. The molecule has 2 rings (SSSR count). The summed E-state index contributed by atoms with van der Waals surface area (Å²) < 4.78 is 5.62. The van der Waals surface area contributed by atoms with Crippen LogP contribution in [0.5, 0.6) is 0 Å². The van der Waals surface area contributed by atoms with Crippen LogP contribution in [0.1, 0.15) is 39.5 Å². The van der Waals surface area contributed by atoms with E-state index < -0.39 is 0 Å². The molecule has 0 radical (unpaired) electrons. The Bertz CT molecular complexity index is 590. The highest BCUT2D eigenvalue weighted by Crippen LogP contribution is 2.31. The topological polar surface area (TPSA) is 15.7 Å². The van der Waals surface area contributed by atoms with Crippen LogP contribution in [0.15, 0.2) is 48.6 Å². The van der Waals surface area contributed by atoms with E-state index in [1.807, 2.05) is 12.2 Å².